The molecule has 0 aliphatic heterocycles. The van der Waals surface area contributed by atoms with Crippen LogP contribution in [0.2, 0.25) is 0 Å². The van der Waals surface area contributed by atoms with Crippen LogP contribution in [0.5, 0.6) is 0 Å². The normalized spacial score (nSPS) is 12.7. The number of aliphatic hydroxyl groups excluding tert-OH is 1. The molecule has 1 atom stereocenters. The first-order valence-electron chi connectivity index (χ1n) is 5.23. The van der Waals surface area contributed by atoms with Crippen molar-refractivity contribution >= 4 is 6.21 Å². The van der Waals surface area contributed by atoms with Crippen LogP contribution in [-0.4, -0.2) is 57.1 Å². The summed E-state index contributed by atoms with van der Waals surface area (Å²) in [6.45, 7) is 5.07. The van der Waals surface area contributed by atoms with Crippen molar-refractivity contribution in [3.63, 3.8) is 0 Å². The number of hydrogen-bond donors (Lipinski definition) is 2. The molecule has 0 aromatic heterocycles. The molecule has 0 rings (SSSR count). The summed E-state index contributed by atoms with van der Waals surface area (Å²) in [6, 6.07) is 0. The van der Waals surface area contributed by atoms with Gasteiger partial charge in [0.2, 0.25) is 0 Å². The molecule has 0 aromatic rings. The van der Waals surface area contributed by atoms with Crippen molar-refractivity contribution in [2.24, 2.45) is 0 Å². The lowest BCUT2D eigenvalue weighted by molar-refractivity contribution is 0.00194. The van der Waals surface area contributed by atoms with E-state index in [0.717, 1.165) is 19.2 Å². The predicted molar refractivity (Wildman–Crippen MR) is 57.5 cm³/mol. The van der Waals surface area contributed by atoms with E-state index in [2.05, 4.69) is 6.92 Å². The van der Waals surface area contributed by atoms with E-state index in [1.807, 2.05) is 0 Å². The highest BCUT2D eigenvalue weighted by Crippen LogP contribution is 1.84. The number of hydrogen-bond acceptors (Lipinski definition) is 5. The van der Waals surface area contributed by atoms with Crippen LogP contribution in [0.4, 0.5) is 0 Å². The minimum atomic E-state index is -0.808. The van der Waals surface area contributed by atoms with Crippen LogP contribution in [-0.2, 0) is 14.2 Å². The van der Waals surface area contributed by atoms with Crippen molar-refractivity contribution < 1.29 is 19.3 Å². The molecule has 15 heavy (non-hydrogen) atoms. The third kappa shape index (κ3) is 11.4. The molecule has 1 unspecified atom stereocenters. The third-order valence-corrected chi connectivity index (χ3v) is 1.57. The van der Waals surface area contributed by atoms with Crippen molar-refractivity contribution in [3.05, 3.63) is 0 Å². The lowest BCUT2D eigenvalue weighted by Gasteiger charge is -2.07. The Bertz CT molecular complexity index is 143. The zero-order valence-corrected chi connectivity index (χ0v) is 9.28. The Morgan fingerprint density at radius 3 is 2.13 bits per heavy atom. The monoisotopic (exact) mass is 219 g/mol. The Morgan fingerprint density at radius 1 is 1.07 bits per heavy atom. The van der Waals surface area contributed by atoms with E-state index in [9.17, 15) is 0 Å². The molecule has 0 amide bonds. The molecule has 5 heteroatoms. The molecule has 0 saturated heterocycles. The molecular weight excluding hydrogens is 198 g/mol. The van der Waals surface area contributed by atoms with E-state index in [-0.39, 0.29) is 6.61 Å². The first-order valence-corrected chi connectivity index (χ1v) is 5.23. The second-order valence-electron chi connectivity index (χ2n) is 3.03. The molecule has 0 aliphatic rings. The van der Waals surface area contributed by atoms with Crippen LogP contribution in [0, 0.1) is 5.41 Å². The van der Waals surface area contributed by atoms with Crippen LogP contribution in [0.3, 0.4) is 0 Å². The molecule has 0 heterocycles. The number of ether oxygens (including phenoxy) is 3. The minimum Gasteiger partial charge on any atom is -0.385 e. The molecule has 0 bridgehead atoms. The average molecular weight is 219 g/mol. The smallest absolute Gasteiger partial charge is 0.112 e. The Morgan fingerprint density at radius 2 is 1.60 bits per heavy atom. The van der Waals surface area contributed by atoms with E-state index in [4.69, 9.17) is 24.7 Å². The van der Waals surface area contributed by atoms with E-state index < -0.39 is 6.10 Å². The first kappa shape index (κ1) is 14.5. The summed E-state index contributed by atoms with van der Waals surface area (Å²) in [4.78, 5) is 0. The number of nitrogens with one attached hydrogen (secondary N) is 1. The van der Waals surface area contributed by atoms with Gasteiger partial charge in [-0.2, -0.15) is 0 Å². The molecule has 0 aromatic carbocycles. The van der Waals surface area contributed by atoms with Gasteiger partial charge < -0.3 is 24.7 Å². The maximum Gasteiger partial charge on any atom is 0.112 e. The van der Waals surface area contributed by atoms with E-state index in [0.29, 0.717) is 26.4 Å². The molecule has 0 aliphatic carbocycles. The Balaban J connectivity index is 2.95. The van der Waals surface area contributed by atoms with Gasteiger partial charge in [0.25, 0.3) is 0 Å². The van der Waals surface area contributed by atoms with E-state index >= 15 is 0 Å². The molecular formula is C10H21NO4. The highest BCUT2D eigenvalue weighted by Gasteiger charge is 1.97. The quantitative estimate of drug-likeness (QED) is 0.391. The zero-order chi connectivity index (χ0) is 11.4. The summed E-state index contributed by atoms with van der Waals surface area (Å²) in [7, 11) is 0. The molecule has 2 N–H and O–H groups in total. The molecule has 0 fully saturated rings. The van der Waals surface area contributed by atoms with Crippen LogP contribution in [0.25, 0.3) is 0 Å². The van der Waals surface area contributed by atoms with Gasteiger partial charge in [-0.15, -0.1) is 0 Å². The van der Waals surface area contributed by atoms with Gasteiger partial charge >= 0.3 is 0 Å². The fraction of sp³-hybridized carbons (Fsp3) is 0.900. The van der Waals surface area contributed by atoms with Gasteiger partial charge in [-0.25, -0.2) is 0 Å². The minimum absolute atomic E-state index is 0.152. The van der Waals surface area contributed by atoms with Crippen molar-refractivity contribution in [3.8, 4) is 0 Å². The van der Waals surface area contributed by atoms with Gasteiger partial charge in [0.1, 0.15) is 6.10 Å². The van der Waals surface area contributed by atoms with Crippen molar-refractivity contribution in [1.82, 2.24) is 0 Å². The molecule has 0 saturated carbocycles. The average Bonchev–Trinajstić information content (AvgIpc) is 2.26. The van der Waals surface area contributed by atoms with Crippen molar-refractivity contribution in [2.45, 2.75) is 19.4 Å². The highest BCUT2D eigenvalue weighted by atomic mass is 16.5. The van der Waals surface area contributed by atoms with Gasteiger partial charge in [-0.3, -0.25) is 0 Å². The summed E-state index contributed by atoms with van der Waals surface area (Å²) >= 11 is 0. The van der Waals surface area contributed by atoms with Gasteiger partial charge in [0, 0.05) is 12.8 Å². The lowest BCUT2D eigenvalue weighted by atomic mass is 10.4. The summed E-state index contributed by atoms with van der Waals surface area (Å²) in [5.41, 5.74) is 0. The van der Waals surface area contributed by atoms with Crippen LogP contribution in [0.15, 0.2) is 0 Å². The Hall–Kier alpha value is -0.490. The molecule has 90 valence electrons. The van der Waals surface area contributed by atoms with Gasteiger partial charge in [-0.1, -0.05) is 6.92 Å². The maximum absolute atomic E-state index is 8.93. The maximum atomic E-state index is 8.93. The Labute approximate surface area is 90.8 Å². The highest BCUT2D eigenvalue weighted by molar-refractivity contribution is 5.58. The summed E-state index contributed by atoms with van der Waals surface area (Å²) in [5.74, 6) is 0. The van der Waals surface area contributed by atoms with Gasteiger partial charge in [0.15, 0.2) is 0 Å². The summed E-state index contributed by atoms with van der Waals surface area (Å²) in [6.07, 6.45) is 1.15. The fourth-order valence-electron chi connectivity index (χ4n) is 0.836. The molecule has 0 radical (unpaired) electrons. The zero-order valence-electron chi connectivity index (χ0n) is 9.28. The lowest BCUT2D eigenvalue weighted by Crippen LogP contribution is -2.18. The number of rotatable bonds is 11. The van der Waals surface area contributed by atoms with Gasteiger partial charge in [0.05, 0.1) is 33.0 Å². The second kappa shape index (κ2) is 11.6. The van der Waals surface area contributed by atoms with Crippen LogP contribution >= 0.6 is 0 Å². The molecule has 5 nitrogen and oxygen atoms in total. The van der Waals surface area contributed by atoms with Gasteiger partial charge in [-0.05, 0) is 6.42 Å². The largest absolute Gasteiger partial charge is 0.385 e. The van der Waals surface area contributed by atoms with Crippen molar-refractivity contribution in [2.75, 3.05) is 39.6 Å². The first-order chi connectivity index (χ1) is 7.31. The topological polar surface area (TPSA) is 71.8 Å². The third-order valence-electron chi connectivity index (χ3n) is 1.57. The van der Waals surface area contributed by atoms with Crippen molar-refractivity contribution in [1.29, 1.82) is 5.41 Å². The standard InChI is InChI=1S/C10H21NO4/c1-2-3-13-4-5-14-6-7-15-9-10(12)8-11/h8,10-12H,2-7,9H2,1H3. The Kier molecular flexibility index (Phi) is 11.2. The summed E-state index contributed by atoms with van der Waals surface area (Å²) in [5, 5.41) is 15.6. The number of aliphatic hydroxyl groups is 1. The molecule has 0 spiro atoms. The SMILES string of the molecule is CCCOCCOCCOCC(O)C=N. The van der Waals surface area contributed by atoms with E-state index in [1.54, 1.807) is 0 Å². The van der Waals surface area contributed by atoms with Crippen LogP contribution in [0.1, 0.15) is 13.3 Å². The van der Waals surface area contributed by atoms with Crippen LogP contribution < -0.4 is 0 Å². The fourth-order valence-corrected chi connectivity index (χ4v) is 0.836. The van der Waals surface area contributed by atoms with E-state index in [1.165, 1.54) is 0 Å². The summed E-state index contributed by atoms with van der Waals surface area (Å²) < 4.78 is 15.5. The second-order valence-corrected chi connectivity index (χ2v) is 3.03. The predicted octanol–water partition coefficient (Wildman–Crippen LogP) is 0.457.